The van der Waals surface area contributed by atoms with E-state index in [-0.39, 0.29) is 10.8 Å². The summed E-state index contributed by atoms with van der Waals surface area (Å²) in [4.78, 5) is 9.94. The molecule has 0 radical (unpaired) electrons. The maximum absolute atomic E-state index is 12.1. The molecule has 1 aromatic heterocycles. The number of piperidine rings is 1. The van der Waals surface area contributed by atoms with Gasteiger partial charge in [0.15, 0.2) is 0 Å². The van der Waals surface area contributed by atoms with Crippen molar-refractivity contribution < 1.29 is 8.42 Å². The van der Waals surface area contributed by atoms with Gasteiger partial charge in [0.05, 0.1) is 12.4 Å². The number of hydrogen-bond donors (Lipinski definition) is 3. The van der Waals surface area contributed by atoms with Gasteiger partial charge in [-0.05, 0) is 45.3 Å². The molecule has 0 aliphatic carbocycles. The molecular weight excluding hydrogens is 292 g/mol. The van der Waals surface area contributed by atoms with Gasteiger partial charge in [0.2, 0.25) is 16.0 Å². The van der Waals surface area contributed by atoms with Gasteiger partial charge in [-0.3, -0.25) is 5.43 Å². The number of rotatable bonds is 6. The first-order valence-corrected chi connectivity index (χ1v) is 8.46. The van der Waals surface area contributed by atoms with E-state index in [0.717, 1.165) is 32.4 Å². The summed E-state index contributed by atoms with van der Waals surface area (Å²) in [6.07, 6.45) is 5.58. The summed E-state index contributed by atoms with van der Waals surface area (Å²) >= 11 is 0. The number of anilines is 1. The number of nitrogens with one attached hydrogen (secondary N) is 2. The van der Waals surface area contributed by atoms with Crippen molar-refractivity contribution in [2.45, 2.75) is 24.2 Å². The standard InChI is InChI=1S/C12H22N6O2S/c1-18-6-3-10(4-7-18)2-5-16-21(19,20)11-8-14-12(17-13)15-9-11/h8-10,16H,2-7,13H2,1H3,(H,14,15,17). The first-order valence-electron chi connectivity index (χ1n) is 6.98. The summed E-state index contributed by atoms with van der Waals surface area (Å²) in [5.74, 6) is 5.91. The molecule has 2 rings (SSSR count). The Morgan fingerprint density at radius 1 is 1.33 bits per heavy atom. The fraction of sp³-hybridized carbons (Fsp3) is 0.667. The topological polar surface area (TPSA) is 113 Å². The largest absolute Gasteiger partial charge is 0.306 e. The maximum atomic E-state index is 12.1. The van der Waals surface area contributed by atoms with Crippen molar-refractivity contribution in [1.29, 1.82) is 0 Å². The monoisotopic (exact) mass is 314 g/mol. The molecule has 8 nitrogen and oxygen atoms in total. The number of nitrogen functional groups attached to an aromatic ring is 1. The lowest BCUT2D eigenvalue weighted by atomic mass is 9.94. The normalized spacial score (nSPS) is 17.8. The summed E-state index contributed by atoms with van der Waals surface area (Å²) in [7, 11) is -1.44. The molecule has 1 aromatic rings. The fourth-order valence-electron chi connectivity index (χ4n) is 2.36. The van der Waals surface area contributed by atoms with Crippen LogP contribution in [0.5, 0.6) is 0 Å². The average molecular weight is 314 g/mol. The quantitative estimate of drug-likeness (QED) is 0.491. The van der Waals surface area contributed by atoms with Crippen LogP contribution in [0.15, 0.2) is 17.3 Å². The van der Waals surface area contributed by atoms with Crippen LogP contribution in [-0.4, -0.2) is 50.0 Å². The molecular formula is C12H22N6O2S. The molecule has 2 heterocycles. The molecule has 1 aliphatic heterocycles. The van der Waals surface area contributed by atoms with Crippen molar-refractivity contribution in [2.24, 2.45) is 11.8 Å². The van der Waals surface area contributed by atoms with Crippen LogP contribution < -0.4 is 16.0 Å². The molecule has 1 aliphatic rings. The van der Waals surface area contributed by atoms with Crippen LogP contribution in [0.2, 0.25) is 0 Å². The molecule has 4 N–H and O–H groups in total. The molecule has 0 bridgehead atoms. The highest BCUT2D eigenvalue weighted by Gasteiger charge is 2.19. The third kappa shape index (κ3) is 4.60. The highest BCUT2D eigenvalue weighted by Crippen LogP contribution is 2.19. The maximum Gasteiger partial charge on any atom is 0.243 e. The number of sulfonamides is 1. The number of likely N-dealkylation sites (tertiary alicyclic amines) is 1. The van der Waals surface area contributed by atoms with Crippen molar-refractivity contribution in [1.82, 2.24) is 19.6 Å². The second-order valence-electron chi connectivity index (χ2n) is 5.32. The zero-order valence-corrected chi connectivity index (χ0v) is 12.9. The third-order valence-electron chi connectivity index (χ3n) is 3.75. The zero-order valence-electron chi connectivity index (χ0n) is 12.1. The number of nitrogens with two attached hydrogens (primary N) is 1. The Kier molecular flexibility index (Phi) is 5.45. The van der Waals surface area contributed by atoms with E-state index in [9.17, 15) is 8.42 Å². The van der Waals surface area contributed by atoms with E-state index in [1.165, 1.54) is 12.4 Å². The van der Waals surface area contributed by atoms with Gasteiger partial charge < -0.3 is 4.90 Å². The second kappa shape index (κ2) is 7.12. The van der Waals surface area contributed by atoms with E-state index in [2.05, 4.69) is 32.1 Å². The highest BCUT2D eigenvalue weighted by molar-refractivity contribution is 7.89. The van der Waals surface area contributed by atoms with Crippen LogP contribution in [0.1, 0.15) is 19.3 Å². The lowest BCUT2D eigenvalue weighted by Gasteiger charge is -2.28. The Labute approximate surface area is 125 Å². The van der Waals surface area contributed by atoms with Crippen LogP contribution in [0.3, 0.4) is 0 Å². The summed E-state index contributed by atoms with van der Waals surface area (Å²) in [6.45, 7) is 2.60. The van der Waals surface area contributed by atoms with Gasteiger partial charge in [-0.15, -0.1) is 0 Å². The summed E-state index contributed by atoms with van der Waals surface area (Å²) in [6, 6.07) is 0. The molecule has 1 saturated heterocycles. The van der Waals surface area contributed by atoms with Gasteiger partial charge in [-0.2, -0.15) is 0 Å². The van der Waals surface area contributed by atoms with Crippen LogP contribution in [0, 0.1) is 5.92 Å². The van der Waals surface area contributed by atoms with Crippen molar-refractivity contribution in [3.8, 4) is 0 Å². The van der Waals surface area contributed by atoms with Crippen LogP contribution in [0.25, 0.3) is 0 Å². The molecule has 0 atom stereocenters. The van der Waals surface area contributed by atoms with Gasteiger partial charge in [0, 0.05) is 6.54 Å². The van der Waals surface area contributed by atoms with Crippen LogP contribution >= 0.6 is 0 Å². The number of hydrogen-bond acceptors (Lipinski definition) is 7. The van der Waals surface area contributed by atoms with E-state index < -0.39 is 10.0 Å². The molecule has 21 heavy (non-hydrogen) atoms. The molecule has 118 valence electrons. The minimum atomic E-state index is -3.55. The molecule has 0 spiro atoms. The Morgan fingerprint density at radius 3 is 2.52 bits per heavy atom. The second-order valence-corrected chi connectivity index (χ2v) is 7.09. The third-order valence-corrected chi connectivity index (χ3v) is 5.17. The summed E-state index contributed by atoms with van der Waals surface area (Å²) < 4.78 is 26.7. The van der Waals surface area contributed by atoms with Gasteiger partial charge >= 0.3 is 0 Å². The van der Waals surface area contributed by atoms with Crippen molar-refractivity contribution in [2.75, 3.05) is 32.1 Å². The molecule has 0 amide bonds. The van der Waals surface area contributed by atoms with E-state index in [1.54, 1.807) is 0 Å². The van der Waals surface area contributed by atoms with Gasteiger partial charge in [-0.25, -0.2) is 29.0 Å². The number of hydrazine groups is 1. The van der Waals surface area contributed by atoms with E-state index in [1.807, 2.05) is 0 Å². The van der Waals surface area contributed by atoms with Crippen LogP contribution in [0.4, 0.5) is 5.95 Å². The van der Waals surface area contributed by atoms with Gasteiger partial charge in [0.1, 0.15) is 4.90 Å². The SMILES string of the molecule is CN1CCC(CCNS(=O)(=O)c2cnc(NN)nc2)CC1. The lowest BCUT2D eigenvalue weighted by Crippen LogP contribution is -2.32. The Morgan fingerprint density at radius 2 is 1.95 bits per heavy atom. The Hall–Kier alpha value is -1.29. The fourth-order valence-corrected chi connectivity index (χ4v) is 3.30. The minimum absolute atomic E-state index is 0.0462. The minimum Gasteiger partial charge on any atom is -0.306 e. The number of nitrogens with zero attached hydrogens (tertiary/aromatic N) is 3. The van der Waals surface area contributed by atoms with Crippen molar-refractivity contribution in [3.05, 3.63) is 12.4 Å². The number of aromatic nitrogens is 2. The van der Waals surface area contributed by atoms with E-state index in [0.29, 0.717) is 12.5 Å². The molecule has 1 fully saturated rings. The summed E-state index contributed by atoms with van der Waals surface area (Å²) in [5.41, 5.74) is 2.25. The molecule has 0 saturated carbocycles. The Balaban J connectivity index is 1.83. The first-order chi connectivity index (χ1) is 10.0. The van der Waals surface area contributed by atoms with Gasteiger partial charge in [-0.1, -0.05) is 0 Å². The highest BCUT2D eigenvalue weighted by atomic mass is 32.2. The van der Waals surface area contributed by atoms with Gasteiger partial charge in [0.25, 0.3) is 0 Å². The smallest absolute Gasteiger partial charge is 0.243 e. The first kappa shape index (κ1) is 16.1. The van der Waals surface area contributed by atoms with Crippen LogP contribution in [-0.2, 0) is 10.0 Å². The van der Waals surface area contributed by atoms with E-state index in [4.69, 9.17) is 5.84 Å². The molecule has 0 unspecified atom stereocenters. The molecule has 9 heteroatoms. The van der Waals surface area contributed by atoms with E-state index >= 15 is 0 Å². The lowest BCUT2D eigenvalue weighted by molar-refractivity contribution is 0.213. The predicted octanol–water partition coefficient (Wildman–Crippen LogP) is -0.228. The Bertz CT molecular complexity index is 539. The average Bonchev–Trinajstić information content (AvgIpc) is 2.49. The predicted molar refractivity (Wildman–Crippen MR) is 79.9 cm³/mol. The van der Waals surface area contributed by atoms with Crippen molar-refractivity contribution >= 4 is 16.0 Å². The summed E-state index contributed by atoms with van der Waals surface area (Å²) in [5, 5.41) is 0. The van der Waals surface area contributed by atoms with Crippen molar-refractivity contribution in [3.63, 3.8) is 0 Å². The molecule has 0 aromatic carbocycles. The zero-order chi connectivity index (χ0) is 15.3.